The number of Topliss-reactive ketones (excluding diaryl/α,β-unsaturated/α-hetero) is 1. The molecule has 11 heteroatoms. The van der Waals surface area contributed by atoms with E-state index in [2.05, 4.69) is 20.9 Å². The Bertz CT molecular complexity index is 1920. The van der Waals surface area contributed by atoms with Gasteiger partial charge in [0.15, 0.2) is 22.4 Å². The summed E-state index contributed by atoms with van der Waals surface area (Å²) in [6.45, 7) is 5.66. The van der Waals surface area contributed by atoms with Gasteiger partial charge in [-0.25, -0.2) is 9.97 Å². The van der Waals surface area contributed by atoms with E-state index in [1.165, 1.54) is 23.3 Å². The number of anilines is 1. The quantitative estimate of drug-likeness (QED) is 0.145. The van der Waals surface area contributed by atoms with E-state index in [4.69, 9.17) is 9.72 Å². The van der Waals surface area contributed by atoms with Gasteiger partial charge in [-0.05, 0) is 83.7 Å². The number of imidazole rings is 1. The van der Waals surface area contributed by atoms with Crippen LogP contribution in [0.4, 0.5) is 5.13 Å². The number of aliphatic hydroxyl groups excluding tert-OH is 1. The van der Waals surface area contributed by atoms with Crippen molar-refractivity contribution in [1.82, 2.24) is 14.4 Å². The summed E-state index contributed by atoms with van der Waals surface area (Å²) in [7, 11) is 1.41. The second-order valence-corrected chi connectivity index (χ2v) is 11.5. The lowest BCUT2D eigenvalue weighted by atomic mass is 9.96. The molecular weight excluding hydrogens is 596 g/mol. The van der Waals surface area contributed by atoms with Crippen molar-refractivity contribution in [2.75, 3.05) is 12.0 Å². The Hall–Kier alpha value is -4.22. The van der Waals surface area contributed by atoms with Crippen molar-refractivity contribution in [2.45, 2.75) is 26.8 Å². The minimum Gasteiger partial charge on any atom is -0.505 e. The van der Waals surface area contributed by atoms with Crippen LogP contribution in [-0.4, -0.2) is 43.4 Å². The molecule has 40 heavy (non-hydrogen) atoms. The van der Waals surface area contributed by atoms with Crippen molar-refractivity contribution in [3.63, 3.8) is 0 Å². The second-order valence-electron chi connectivity index (χ2n) is 9.62. The molecule has 1 fully saturated rings. The molecule has 1 atom stereocenters. The highest BCUT2D eigenvalue weighted by molar-refractivity contribution is 9.10. The zero-order valence-corrected chi connectivity index (χ0v) is 24.3. The maximum Gasteiger partial charge on any atom is 0.301 e. The molecule has 5 aromatic rings. The molecule has 2 N–H and O–H groups in total. The minimum absolute atomic E-state index is 0.120. The molecule has 1 aliphatic heterocycles. The van der Waals surface area contributed by atoms with Gasteiger partial charge in [0.1, 0.15) is 11.3 Å². The lowest BCUT2D eigenvalue weighted by Gasteiger charge is -2.24. The molecule has 3 aromatic heterocycles. The van der Waals surface area contributed by atoms with Crippen molar-refractivity contribution >= 4 is 65.7 Å². The molecule has 1 unspecified atom stereocenters. The number of aryl methyl sites for hydroxylation is 3. The molecule has 0 aliphatic carbocycles. The first-order chi connectivity index (χ1) is 19.1. The SMILES string of the molecule is COc1cc(C2/C(=C(\O)c3c(C)nc4ccccn34)C(=O)C(=O)N2c2nc3c(C)cc(C)cc3s2)cc(Br)c1O. The largest absolute Gasteiger partial charge is 0.505 e. The second kappa shape index (κ2) is 9.46. The van der Waals surface area contributed by atoms with Crippen LogP contribution in [-0.2, 0) is 9.59 Å². The van der Waals surface area contributed by atoms with E-state index < -0.39 is 17.7 Å². The predicted molar refractivity (Wildman–Crippen MR) is 156 cm³/mol. The van der Waals surface area contributed by atoms with E-state index in [1.54, 1.807) is 41.8 Å². The van der Waals surface area contributed by atoms with Crippen molar-refractivity contribution in [3.05, 3.63) is 86.8 Å². The highest BCUT2D eigenvalue weighted by atomic mass is 79.9. The van der Waals surface area contributed by atoms with Crippen molar-refractivity contribution in [2.24, 2.45) is 0 Å². The number of rotatable bonds is 4. The third kappa shape index (κ3) is 3.88. The topological polar surface area (TPSA) is 117 Å². The smallest absolute Gasteiger partial charge is 0.301 e. The van der Waals surface area contributed by atoms with Gasteiger partial charge in [-0.2, -0.15) is 0 Å². The Labute approximate surface area is 241 Å². The number of halogens is 1. The van der Waals surface area contributed by atoms with Gasteiger partial charge in [-0.15, -0.1) is 0 Å². The highest BCUT2D eigenvalue weighted by Gasteiger charge is 2.49. The number of thiazole rings is 1. The molecule has 202 valence electrons. The number of pyridine rings is 1. The van der Waals surface area contributed by atoms with Gasteiger partial charge < -0.3 is 14.9 Å². The summed E-state index contributed by atoms with van der Waals surface area (Å²) >= 11 is 4.64. The van der Waals surface area contributed by atoms with Crippen LogP contribution < -0.4 is 9.64 Å². The average Bonchev–Trinajstić information content (AvgIpc) is 3.56. The fourth-order valence-corrected chi connectivity index (χ4v) is 6.87. The monoisotopic (exact) mass is 618 g/mol. The molecule has 2 aromatic carbocycles. The number of phenols is 1. The summed E-state index contributed by atoms with van der Waals surface area (Å²) in [5, 5.41) is 22.5. The number of hydrogen-bond donors (Lipinski definition) is 2. The van der Waals surface area contributed by atoms with Crippen LogP contribution in [0.2, 0.25) is 0 Å². The predicted octanol–water partition coefficient (Wildman–Crippen LogP) is 5.97. The van der Waals surface area contributed by atoms with Gasteiger partial charge in [0.25, 0.3) is 5.78 Å². The Morgan fingerprint density at radius 1 is 1.10 bits per heavy atom. The number of amides is 1. The lowest BCUT2D eigenvalue weighted by molar-refractivity contribution is -0.132. The molecular formula is C29H23BrN4O5S. The third-order valence-corrected chi connectivity index (χ3v) is 8.59. The number of hydrogen-bond acceptors (Lipinski definition) is 8. The Kier molecular flexibility index (Phi) is 6.15. The summed E-state index contributed by atoms with van der Waals surface area (Å²) in [6.07, 6.45) is 1.73. The van der Waals surface area contributed by atoms with E-state index >= 15 is 0 Å². The number of aromatic hydroxyl groups is 1. The summed E-state index contributed by atoms with van der Waals surface area (Å²) in [5.74, 6) is -2.04. The Morgan fingerprint density at radius 2 is 1.88 bits per heavy atom. The summed E-state index contributed by atoms with van der Waals surface area (Å²) < 4.78 is 8.21. The van der Waals surface area contributed by atoms with E-state index in [0.717, 1.165) is 21.3 Å². The number of ketones is 1. The summed E-state index contributed by atoms with van der Waals surface area (Å²) in [4.78, 5) is 38.1. The first-order valence-corrected chi connectivity index (χ1v) is 13.9. The molecule has 0 bridgehead atoms. The van der Waals surface area contributed by atoms with Gasteiger partial charge in [0.2, 0.25) is 0 Å². The van der Waals surface area contributed by atoms with Gasteiger partial charge in [-0.1, -0.05) is 23.5 Å². The molecule has 9 nitrogen and oxygen atoms in total. The molecule has 0 radical (unpaired) electrons. The fraction of sp³-hybridized carbons (Fsp3) is 0.172. The average molecular weight is 619 g/mol. The number of aromatic nitrogens is 3. The van der Waals surface area contributed by atoms with E-state index in [0.29, 0.717) is 32.2 Å². The van der Waals surface area contributed by atoms with Gasteiger partial charge in [-0.3, -0.25) is 18.9 Å². The Balaban J connectivity index is 1.65. The lowest BCUT2D eigenvalue weighted by Crippen LogP contribution is -2.29. The standard InChI is InChI=1S/C29H23BrN4O5S/c1-13-9-14(2)22-19(10-13)40-29(32-22)34-24(16-11-17(30)25(35)18(12-16)39-4)21(27(37)28(34)38)26(36)23-15(3)31-20-7-5-6-8-33(20)23/h5-12,24,35-36H,1-4H3/b26-21+. The molecule has 1 amide bonds. The van der Waals surface area contributed by atoms with Crippen LogP contribution in [0.15, 0.2) is 58.7 Å². The van der Waals surface area contributed by atoms with Crippen molar-refractivity contribution in [1.29, 1.82) is 0 Å². The Morgan fingerprint density at radius 3 is 2.62 bits per heavy atom. The maximum absolute atomic E-state index is 13.7. The van der Waals surface area contributed by atoms with Crippen LogP contribution in [0.3, 0.4) is 0 Å². The highest BCUT2D eigenvalue weighted by Crippen LogP contribution is 2.47. The van der Waals surface area contributed by atoms with Crippen LogP contribution in [0.25, 0.3) is 21.6 Å². The number of carbonyl (C=O) groups excluding carboxylic acids is 2. The molecule has 1 saturated heterocycles. The third-order valence-electron chi connectivity index (χ3n) is 6.98. The zero-order valence-electron chi connectivity index (χ0n) is 21.9. The van der Waals surface area contributed by atoms with Crippen LogP contribution in [0, 0.1) is 20.8 Å². The minimum atomic E-state index is -1.07. The molecule has 0 saturated carbocycles. The molecule has 1 aliphatic rings. The van der Waals surface area contributed by atoms with E-state index in [-0.39, 0.29) is 22.8 Å². The zero-order chi connectivity index (χ0) is 28.5. The first-order valence-electron chi connectivity index (χ1n) is 12.3. The molecule has 0 spiro atoms. The number of fused-ring (bicyclic) bond motifs is 2. The maximum atomic E-state index is 13.7. The van der Waals surface area contributed by atoms with Gasteiger partial charge in [0.05, 0.1) is 39.1 Å². The first kappa shape index (κ1) is 26.0. The number of benzene rings is 2. The molecule has 4 heterocycles. The van der Waals surface area contributed by atoms with Crippen LogP contribution in [0.1, 0.15) is 34.1 Å². The number of nitrogens with zero attached hydrogens (tertiary/aromatic N) is 4. The van der Waals surface area contributed by atoms with Crippen LogP contribution in [0.5, 0.6) is 11.5 Å². The summed E-state index contributed by atoms with van der Waals surface area (Å²) in [5.41, 5.74) is 4.41. The van der Waals surface area contributed by atoms with Crippen LogP contribution >= 0.6 is 27.3 Å². The number of aliphatic hydroxyl groups is 1. The van der Waals surface area contributed by atoms with Crippen molar-refractivity contribution in [3.8, 4) is 11.5 Å². The molecule has 6 rings (SSSR count). The van der Waals surface area contributed by atoms with Gasteiger partial charge >= 0.3 is 5.91 Å². The summed E-state index contributed by atoms with van der Waals surface area (Å²) in [6, 6.07) is 11.5. The van der Waals surface area contributed by atoms with Gasteiger partial charge in [0, 0.05) is 6.20 Å². The number of carbonyl (C=O) groups is 2. The van der Waals surface area contributed by atoms with E-state index in [9.17, 15) is 19.8 Å². The van der Waals surface area contributed by atoms with Crippen molar-refractivity contribution < 1.29 is 24.5 Å². The fourth-order valence-electron chi connectivity index (χ4n) is 5.24. The number of ether oxygens (including phenoxy) is 1. The normalized spacial score (nSPS) is 16.9. The number of phenolic OH excluding ortho intramolecular Hbond substituents is 1. The van der Waals surface area contributed by atoms with E-state index in [1.807, 2.05) is 32.0 Å². The number of methoxy groups -OCH3 is 1.